The predicted octanol–water partition coefficient (Wildman–Crippen LogP) is -8.23. The summed E-state index contributed by atoms with van der Waals surface area (Å²) in [7, 11) is 14.7. The molecule has 10 aromatic heterocycles. The van der Waals surface area contributed by atoms with Crippen molar-refractivity contribution >= 4 is 55.8 Å². The third kappa shape index (κ3) is 13.5. The van der Waals surface area contributed by atoms with Gasteiger partial charge in [0.15, 0.2) is 55.8 Å². The molecule has 490 valence electrons. The van der Waals surface area contributed by atoms with E-state index in [1.807, 2.05) is 0 Å². The number of nitrogens with zero attached hydrogens (tertiary/aromatic N) is 20. The van der Waals surface area contributed by atoms with E-state index in [4.69, 9.17) is 10.2 Å². The number of rotatable bonds is 13. The van der Waals surface area contributed by atoms with Gasteiger partial charge in [-0.1, -0.05) is 0 Å². The molecule has 0 radical (unpaired) electrons. The van der Waals surface area contributed by atoms with Crippen LogP contribution in [0, 0.1) is 0 Å². The van der Waals surface area contributed by atoms with Gasteiger partial charge < -0.3 is 63.7 Å². The van der Waals surface area contributed by atoms with Crippen molar-refractivity contribution in [2.45, 2.75) is 96.5 Å². The average molecular weight is 1270 g/mol. The first-order chi connectivity index (χ1) is 42.0. The Kier molecular flexibility index (Phi) is 21.2. The number of aliphatic hydroxyl groups excluding tert-OH is 7. The molecular formula is C52H74N20O18. The fourth-order valence-corrected chi connectivity index (χ4v) is 9.15. The van der Waals surface area contributed by atoms with Crippen LogP contribution < -0.4 is 56.2 Å². The van der Waals surface area contributed by atoms with E-state index in [-0.39, 0.29) is 72.8 Å². The Bertz CT molecular complexity index is 4940. The Balaban J connectivity index is 0.000000179. The average Bonchev–Trinajstić information content (AvgIpc) is 1.62. The van der Waals surface area contributed by atoms with Crippen molar-refractivity contribution in [1.82, 2.24) is 93.4 Å². The highest BCUT2D eigenvalue weighted by Crippen LogP contribution is 2.14. The second-order valence-electron chi connectivity index (χ2n) is 21.8. The summed E-state index contributed by atoms with van der Waals surface area (Å²) in [5.41, 5.74) is -2.98. The largest absolute Gasteiger partial charge is 0.395 e. The van der Waals surface area contributed by atoms with Crippen molar-refractivity contribution in [3.05, 3.63) is 136 Å². The van der Waals surface area contributed by atoms with Crippen LogP contribution in [0.4, 0.5) is 0 Å². The van der Waals surface area contributed by atoms with Crippen molar-refractivity contribution < 1.29 is 40.9 Å². The van der Waals surface area contributed by atoms with E-state index >= 15 is 0 Å². The minimum Gasteiger partial charge on any atom is -0.395 e. The third-order valence-electron chi connectivity index (χ3n) is 14.6. The molecular weight excluding hydrogens is 1190 g/mol. The molecule has 10 rings (SSSR count). The van der Waals surface area contributed by atoms with Crippen LogP contribution in [0.2, 0.25) is 0 Å². The van der Waals surface area contributed by atoms with Crippen LogP contribution in [0.5, 0.6) is 0 Å². The number of aromatic nitrogens is 20. The Morgan fingerprint density at radius 3 is 0.900 bits per heavy atom. The van der Waals surface area contributed by atoms with Gasteiger partial charge >= 0.3 is 28.4 Å². The van der Waals surface area contributed by atoms with Crippen LogP contribution in [0.1, 0.15) is 27.7 Å². The number of fused-ring (bicyclic) bond motifs is 5. The number of hydrogen-bond donors (Lipinski definition) is 8. The molecule has 0 bridgehead atoms. The summed E-state index contributed by atoms with van der Waals surface area (Å²) in [6, 6.07) is 0. The van der Waals surface area contributed by atoms with Crippen LogP contribution in [-0.4, -0.2) is 184 Å². The SMILES string of the molecule is CC(O)C(O)Cn1cnc2c1c(=O)n(C)c(=O)n2C.CC(O)Cn1cnc2c1c(=O)n(C)c(=O)n2C.Cn1c(=O)c2c(ncn2CC(O)C(C)(C)O)n(C)c1=O.Cn1c(=O)c2c(ncn2CC(O)CO)n(C)c1=O.Cn1c(=O)c2c(ncn2CCO)n(C)c1=O. The first kappa shape index (κ1) is 69.5. The van der Waals surface area contributed by atoms with Crippen molar-refractivity contribution in [3.63, 3.8) is 0 Å². The van der Waals surface area contributed by atoms with E-state index in [2.05, 4.69) is 24.9 Å². The van der Waals surface area contributed by atoms with Crippen molar-refractivity contribution in [3.8, 4) is 0 Å². The monoisotopic (exact) mass is 1270 g/mol. The lowest BCUT2D eigenvalue weighted by molar-refractivity contribution is -0.0547. The second kappa shape index (κ2) is 27.4. The maximum Gasteiger partial charge on any atom is 0.332 e. The van der Waals surface area contributed by atoms with Gasteiger partial charge in [0.05, 0.1) is 101 Å². The van der Waals surface area contributed by atoms with E-state index < -0.39 is 99.0 Å². The van der Waals surface area contributed by atoms with Crippen molar-refractivity contribution in [2.24, 2.45) is 70.5 Å². The molecule has 0 saturated heterocycles. The Morgan fingerprint density at radius 1 is 0.389 bits per heavy atom. The quantitative estimate of drug-likeness (QED) is 0.0531. The maximum atomic E-state index is 12.2. The first-order valence-corrected chi connectivity index (χ1v) is 27.3. The van der Waals surface area contributed by atoms with E-state index in [0.29, 0.717) is 22.3 Å². The molecule has 0 aliphatic carbocycles. The van der Waals surface area contributed by atoms with Gasteiger partial charge in [-0.3, -0.25) is 69.6 Å². The fourth-order valence-electron chi connectivity index (χ4n) is 9.15. The highest BCUT2D eigenvalue weighted by atomic mass is 16.3. The van der Waals surface area contributed by atoms with E-state index in [9.17, 15) is 78.6 Å². The van der Waals surface area contributed by atoms with Gasteiger partial charge in [-0.15, -0.1) is 0 Å². The van der Waals surface area contributed by atoms with Crippen LogP contribution in [0.15, 0.2) is 79.6 Å². The molecule has 10 heterocycles. The van der Waals surface area contributed by atoms with Gasteiger partial charge in [-0.05, 0) is 27.7 Å². The first-order valence-electron chi connectivity index (χ1n) is 27.3. The Labute approximate surface area is 504 Å². The standard InChI is InChI=1S/C12H18N4O4.C11H16N4O4.C10H14N4O4.C10H14N4O3.C9H12N4O3/c1-12(2,20)7(17)5-16-6-13-9-8(16)10(18)15(4)11(19)14(9)3;1-6(16)7(17)4-15-5-12-9-8(15)10(18)14(3)11(19)13(9)2;1-12-8-7(9(17)13(2)10(12)18)14(5-11-8)3-6(16)4-15;1-6(15)4-14-5-11-8-7(14)9(16)13(3)10(17)12(8)2;1-11-7-6(8(15)12(2)9(11)16)13(3-4-14)5-10-7/h6-7,17,20H,5H2,1-4H3;5-7,16-17H,4H2,1-3H3;5-6,15-16H,3-4H2,1-2H3;5-6,15H,4H2,1-3H3;5,14H,3-4H2,1-2H3. The second-order valence-corrected chi connectivity index (χ2v) is 21.8. The van der Waals surface area contributed by atoms with Crippen molar-refractivity contribution in [2.75, 3.05) is 13.2 Å². The van der Waals surface area contributed by atoms with Gasteiger partial charge in [-0.2, -0.15) is 0 Å². The van der Waals surface area contributed by atoms with Crippen LogP contribution >= 0.6 is 0 Å². The molecule has 0 amide bonds. The molecule has 90 heavy (non-hydrogen) atoms. The molecule has 0 saturated carbocycles. The molecule has 8 N–H and O–H groups in total. The lowest BCUT2D eigenvalue weighted by atomic mass is 10.0. The lowest BCUT2D eigenvalue weighted by Gasteiger charge is -2.24. The third-order valence-corrected chi connectivity index (χ3v) is 14.6. The molecule has 0 aliphatic rings. The maximum absolute atomic E-state index is 12.2. The van der Waals surface area contributed by atoms with E-state index in [0.717, 1.165) is 22.8 Å². The van der Waals surface area contributed by atoms with Gasteiger partial charge in [0.1, 0.15) is 6.10 Å². The Hall–Kier alpha value is -9.57. The van der Waals surface area contributed by atoms with Gasteiger partial charge in [0.25, 0.3) is 27.8 Å². The topological polar surface area (TPSA) is 471 Å². The Morgan fingerprint density at radius 2 is 0.644 bits per heavy atom. The summed E-state index contributed by atoms with van der Waals surface area (Å²) in [6.07, 6.45) is 2.44. The number of aryl methyl sites for hydroxylation is 5. The number of aliphatic hydroxyl groups is 8. The summed E-state index contributed by atoms with van der Waals surface area (Å²) in [4.78, 5) is 139. The van der Waals surface area contributed by atoms with Gasteiger partial charge in [0.2, 0.25) is 0 Å². The molecule has 5 atom stereocenters. The van der Waals surface area contributed by atoms with Gasteiger partial charge in [0, 0.05) is 77.0 Å². The fraction of sp³-hybridized carbons (Fsp3) is 0.519. The summed E-state index contributed by atoms with van der Waals surface area (Å²) < 4.78 is 18.8. The van der Waals surface area contributed by atoms with Crippen molar-refractivity contribution in [1.29, 1.82) is 0 Å². The molecule has 0 fully saturated rings. The summed E-state index contributed by atoms with van der Waals surface area (Å²) in [5.74, 6) is 0. The highest BCUT2D eigenvalue weighted by molar-refractivity contribution is 5.72. The zero-order valence-electron chi connectivity index (χ0n) is 51.8. The molecule has 38 heteroatoms. The normalized spacial score (nSPS) is 13.3. The number of hydrogen-bond acceptors (Lipinski definition) is 23. The zero-order valence-corrected chi connectivity index (χ0v) is 51.8. The summed E-state index contributed by atoms with van der Waals surface area (Å²) in [5, 5.41) is 75.0. The van der Waals surface area contributed by atoms with Crippen LogP contribution in [0.25, 0.3) is 55.8 Å². The predicted molar refractivity (Wildman–Crippen MR) is 323 cm³/mol. The summed E-state index contributed by atoms with van der Waals surface area (Å²) >= 11 is 0. The summed E-state index contributed by atoms with van der Waals surface area (Å²) in [6.45, 7) is 6.16. The number of imidazole rings is 5. The minimum absolute atomic E-state index is 0.00738. The minimum atomic E-state index is -1.30. The van der Waals surface area contributed by atoms with E-state index in [1.165, 1.54) is 150 Å². The molecule has 0 spiro atoms. The molecule has 38 nitrogen and oxygen atoms in total. The van der Waals surface area contributed by atoms with E-state index in [1.54, 1.807) is 25.6 Å². The molecule has 5 unspecified atom stereocenters. The highest BCUT2D eigenvalue weighted by Gasteiger charge is 2.27. The van der Waals surface area contributed by atoms with Gasteiger partial charge in [-0.25, -0.2) is 48.9 Å². The van der Waals surface area contributed by atoms with Crippen LogP contribution in [-0.2, 0) is 103 Å². The molecule has 0 aliphatic heterocycles. The molecule has 0 aromatic carbocycles. The molecule has 10 aromatic rings. The zero-order chi connectivity index (χ0) is 67.6. The lowest BCUT2D eigenvalue weighted by Crippen LogP contribution is -2.40. The smallest absolute Gasteiger partial charge is 0.332 e. The van der Waals surface area contributed by atoms with Crippen LogP contribution in [0.3, 0.4) is 0 Å².